The highest BCUT2D eigenvalue weighted by atomic mass is 35.5. The van der Waals surface area contributed by atoms with Gasteiger partial charge in [-0.25, -0.2) is 8.42 Å². The van der Waals surface area contributed by atoms with Gasteiger partial charge in [-0.1, -0.05) is 0 Å². The first-order valence-electron chi connectivity index (χ1n) is 9.26. The third kappa shape index (κ3) is 4.44. The van der Waals surface area contributed by atoms with Crippen molar-refractivity contribution >= 4 is 22.4 Å². The van der Waals surface area contributed by atoms with Crippen molar-refractivity contribution in [3.63, 3.8) is 0 Å². The van der Waals surface area contributed by atoms with Crippen molar-refractivity contribution in [3.8, 4) is 11.5 Å². The quantitative estimate of drug-likeness (QED) is 0.819. The smallest absolute Gasteiger partial charge is 0.243 e. The van der Waals surface area contributed by atoms with Gasteiger partial charge in [0.2, 0.25) is 10.0 Å². The fourth-order valence-electron chi connectivity index (χ4n) is 3.41. The number of sulfonamides is 1. The van der Waals surface area contributed by atoms with Crippen LogP contribution in [0.15, 0.2) is 23.1 Å². The lowest BCUT2D eigenvalue weighted by atomic mass is 10.1. The zero-order chi connectivity index (χ0) is 17.3. The molecule has 4 rings (SSSR count). The minimum Gasteiger partial charge on any atom is -0.490 e. The van der Waals surface area contributed by atoms with Gasteiger partial charge in [-0.2, -0.15) is 4.31 Å². The first-order chi connectivity index (χ1) is 12.1. The molecule has 2 heterocycles. The summed E-state index contributed by atoms with van der Waals surface area (Å²) < 4.78 is 38.7. The maximum absolute atomic E-state index is 13.0. The molecule has 8 heteroatoms. The molecular weight excluding hydrogens is 376 g/mol. The summed E-state index contributed by atoms with van der Waals surface area (Å²) in [5.74, 6) is 2.00. The highest BCUT2D eigenvalue weighted by Crippen LogP contribution is 2.33. The lowest BCUT2D eigenvalue weighted by Gasteiger charge is -2.31. The van der Waals surface area contributed by atoms with E-state index in [-0.39, 0.29) is 12.4 Å². The fourth-order valence-corrected chi connectivity index (χ4v) is 4.89. The van der Waals surface area contributed by atoms with Crippen molar-refractivity contribution in [1.29, 1.82) is 0 Å². The Bertz CT molecular complexity index is 716. The van der Waals surface area contributed by atoms with E-state index in [1.54, 1.807) is 22.5 Å². The molecule has 1 aromatic carbocycles. The van der Waals surface area contributed by atoms with E-state index in [9.17, 15) is 8.42 Å². The number of fused-ring (bicyclic) bond motifs is 1. The van der Waals surface area contributed by atoms with Crippen LogP contribution in [0.25, 0.3) is 0 Å². The van der Waals surface area contributed by atoms with Crippen molar-refractivity contribution < 1.29 is 17.9 Å². The van der Waals surface area contributed by atoms with Gasteiger partial charge in [0.05, 0.1) is 18.1 Å². The van der Waals surface area contributed by atoms with Crippen LogP contribution in [0.4, 0.5) is 0 Å². The fraction of sp³-hybridized carbons (Fsp3) is 0.667. The number of benzene rings is 1. The molecule has 0 atom stereocenters. The van der Waals surface area contributed by atoms with Gasteiger partial charge >= 0.3 is 0 Å². The SMILES string of the molecule is Cl.O=S(=O)(c1ccc2c(c1)OCCCO2)N1CCC(NCC2CC2)CC1. The van der Waals surface area contributed by atoms with Crippen molar-refractivity contribution in [2.45, 2.75) is 43.0 Å². The summed E-state index contributed by atoms with van der Waals surface area (Å²) >= 11 is 0. The van der Waals surface area contributed by atoms with E-state index in [1.807, 2.05) is 0 Å². The van der Waals surface area contributed by atoms with Crippen LogP contribution in [0.3, 0.4) is 0 Å². The molecule has 1 N–H and O–H groups in total. The highest BCUT2D eigenvalue weighted by Gasteiger charge is 2.31. The van der Waals surface area contributed by atoms with Crippen LogP contribution < -0.4 is 14.8 Å². The second-order valence-electron chi connectivity index (χ2n) is 7.19. The number of nitrogens with zero attached hydrogens (tertiary/aromatic N) is 1. The Morgan fingerprint density at radius 2 is 1.73 bits per heavy atom. The summed E-state index contributed by atoms with van der Waals surface area (Å²) in [6.07, 6.45) is 5.22. The number of piperidine rings is 1. The summed E-state index contributed by atoms with van der Waals surface area (Å²) in [4.78, 5) is 0.293. The van der Waals surface area contributed by atoms with Gasteiger partial charge < -0.3 is 14.8 Å². The molecule has 0 radical (unpaired) electrons. The Labute approximate surface area is 161 Å². The number of rotatable bonds is 5. The number of halogens is 1. The van der Waals surface area contributed by atoms with Crippen LogP contribution in [-0.2, 0) is 10.0 Å². The first kappa shape index (κ1) is 19.7. The van der Waals surface area contributed by atoms with E-state index in [0.29, 0.717) is 48.7 Å². The van der Waals surface area contributed by atoms with Crippen molar-refractivity contribution in [1.82, 2.24) is 9.62 Å². The van der Waals surface area contributed by atoms with Crippen LogP contribution in [0.5, 0.6) is 11.5 Å². The monoisotopic (exact) mass is 402 g/mol. The second-order valence-corrected chi connectivity index (χ2v) is 9.13. The molecule has 1 aromatic rings. The Morgan fingerprint density at radius 1 is 1.04 bits per heavy atom. The maximum atomic E-state index is 13.0. The van der Waals surface area contributed by atoms with Gasteiger partial charge in [-0.3, -0.25) is 0 Å². The summed E-state index contributed by atoms with van der Waals surface area (Å²) in [6, 6.07) is 5.38. The van der Waals surface area contributed by atoms with Gasteiger partial charge in [-0.05, 0) is 50.3 Å². The molecule has 26 heavy (non-hydrogen) atoms. The van der Waals surface area contributed by atoms with E-state index in [0.717, 1.165) is 31.7 Å². The van der Waals surface area contributed by atoms with Gasteiger partial charge in [-0.15, -0.1) is 12.4 Å². The zero-order valence-electron chi connectivity index (χ0n) is 14.9. The van der Waals surface area contributed by atoms with E-state index >= 15 is 0 Å². The van der Waals surface area contributed by atoms with E-state index in [2.05, 4.69) is 5.32 Å². The third-order valence-corrected chi connectivity index (χ3v) is 7.10. The highest BCUT2D eigenvalue weighted by molar-refractivity contribution is 7.89. The lowest BCUT2D eigenvalue weighted by molar-refractivity contribution is 0.287. The van der Waals surface area contributed by atoms with Crippen LogP contribution in [0.1, 0.15) is 32.1 Å². The van der Waals surface area contributed by atoms with E-state index in [4.69, 9.17) is 9.47 Å². The molecule has 3 aliphatic rings. The van der Waals surface area contributed by atoms with Gasteiger partial charge in [0.1, 0.15) is 0 Å². The summed E-state index contributed by atoms with van der Waals surface area (Å²) in [6.45, 7) is 3.37. The molecule has 1 aliphatic carbocycles. The minimum absolute atomic E-state index is 0. The van der Waals surface area contributed by atoms with Crippen LogP contribution >= 0.6 is 12.4 Å². The summed E-state index contributed by atoms with van der Waals surface area (Å²) in [5, 5.41) is 3.59. The molecule has 1 saturated heterocycles. The normalized spacial score (nSPS) is 21.7. The van der Waals surface area contributed by atoms with Gasteiger partial charge in [0, 0.05) is 31.6 Å². The van der Waals surface area contributed by atoms with Crippen LogP contribution in [0.2, 0.25) is 0 Å². The number of hydrogen-bond acceptors (Lipinski definition) is 5. The maximum Gasteiger partial charge on any atom is 0.243 e. The standard InChI is InChI=1S/C18H26N2O4S.ClH/c21-25(22,16-4-5-17-18(12-16)24-11-1-10-23-17)20-8-6-15(7-9-20)19-13-14-2-3-14;/h4-5,12,14-15,19H,1-3,6-11,13H2;1H. The number of nitrogens with one attached hydrogen (secondary N) is 1. The van der Waals surface area contributed by atoms with Gasteiger partial charge in [0.25, 0.3) is 0 Å². The first-order valence-corrected chi connectivity index (χ1v) is 10.7. The molecule has 2 fully saturated rings. The van der Waals surface area contributed by atoms with Crippen LogP contribution in [0, 0.1) is 5.92 Å². The Morgan fingerprint density at radius 3 is 2.42 bits per heavy atom. The average molecular weight is 403 g/mol. The molecule has 0 amide bonds. The number of hydrogen-bond donors (Lipinski definition) is 1. The minimum atomic E-state index is -3.48. The van der Waals surface area contributed by atoms with Crippen molar-refractivity contribution in [2.75, 3.05) is 32.8 Å². The predicted molar refractivity (Wildman–Crippen MR) is 102 cm³/mol. The second kappa shape index (κ2) is 8.33. The molecule has 1 saturated carbocycles. The molecule has 2 aliphatic heterocycles. The molecule has 146 valence electrons. The topological polar surface area (TPSA) is 67.9 Å². The number of ether oxygens (including phenoxy) is 2. The molecular formula is C18H27ClN2O4S. The predicted octanol–water partition coefficient (Wildman–Crippen LogP) is 2.42. The molecule has 6 nitrogen and oxygen atoms in total. The average Bonchev–Trinajstić information content (AvgIpc) is 3.46. The molecule has 0 bridgehead atoms. The zero-order valence-corrected chi connectivity index (χ0v) is 16.5. The van der Waals surface area contributed by atoms with Crippen molar-refractivity contribution in [2.24, 2.45) is 5.92 Å². The van der Waals surface area contributed by atoms with Crippen LogP contribution in [-0.4, -0.2) is 51.6 Å². The Balaban J connectivity index is 0.00000196. The molecule has 0 unspecified atom stereocenters. The molecule has 0 aromatic heterocycles. The molecule has 0 spiro atoms. The summed E-state index contributed by atoms with van der Waals surface area (Å²) in [7, 11) is -3.48. The van der Waals surface area contributed by atoms with Crippen molar-refractivity contribution in [3.05, 3.63) is 18.2 Å². The lowest BCUT2D eigenvalue weighted by Crippen LogP contribution is -2.45. The largest absolute Gasteiger partial charge is 0.490 e. The summed E-state index contributed by atoms with van der Waals surface area (Å²) in [5.41, 5.74) is 0. The Hall–Kier alpha value is -1.02. The van der Waals surface area contributed by atoms with E-state index < -0.39 is 10.0 Å². The third-order valence-electron chi connectivity index (χ3n) is 5.20. The van der Waals surface area contributed by atoms with Gasteiger partial charge in [0.15, 0.2) is 11.5 Å². The van der Waals surface area contributed by atoms with E-state index in [1.165, 1.54) is 12.8 Å². The Kier molecular flexibility index (Phi) is 6.33.